The molecule has 0 bridgehead atoms. The van der Waals surface area contributed by atoms with Crippen LogP contribution in [0.5, 0.6) is 5.75 Å². The fraction of sp³-hybridized carbons (Fsp3) is 0.545. The van der Waals surface area contributed by atoms with Gasteiger partial charge in [-0.15, -0.1) is 0 Å². The van der Waals surface area contributed by atoms with Crippen LogP contribution in [0.15, 0.2) is 24.3 Å². The van der Waals surface area contributed by atoms with E-state index < -0.39 is 12.7 Å². The Morgan fingerprint density at radius 3 is 2.87 bits per heavy atom. The molecule has 0 unspecified atom stereocenters. The van der Waals surface area contributed by atoms with E-state index in [4.69, 9.17) is 4.74 Å². The second-order valence-electron chi connectivity index (χ2n) is 7.69. The summed E-state index contributed by atoms with van der Waals surface area (Å²) in [5.41, 5.74) is 0.756. The predicted octanol–water partition coefficient (Wildman–Crippen LogP) is 3.69. The molecule has 1 amide bonds. The van der Waals surface area contributed by atoms with Crippen molar-refractivity contribution in [2.75, 3.05) is 33.2 Å². The summed E-state index contributed by atoms with van der Waals surface area (Å²) in [6.45, 7) is 5.32. The number of piperidine rings is 1. The summed E-state index contributed by atoms with van der Waals surface area (Å²) in [6.07, 6.45) is 2.42. The number of carbonyl (C=O) groups is 1. The Kier molecular flexibility index (Phi) is 7.93. The van der Waals surface area contributed by atoms with E-state index in [-0.39, 0.29) is 36.9 Å². The maximum atomic E-state index is 13.8. The zero-order chi connectivity index (χ0) is 21.5. The lowest BCUT2D eigenvalue weighted by molar-refractivity contribution is 0.0506. The van der Waals surface area contributed by atoms with Gasteiger partial charge in [0.05, 0.1) is 18.7 Å². The number of pyridine rings is 1. The molecule has 1 aliphatic rings. The van der Waals surface area contributed by atoms with Crippen molar-refractivity contribution in [3.8, 4) is 5.75 Å². The van der Waals surface area contributed by atoms with Crippen molar-refractivity contribution < 1.29 is 23.0 Å². The van der Waals surface area contributed by atoms with Crippen LogP contribution in [0.4, 0.5) is 8.78 Å². The summed E-state index contributed by atoms with van der Waals surface area (Å²) in [5.74, 6) is -0.199. The van der Waals surface area contributed by atoms with Gasteiger partial charge in [-0.1, -0.05) is 0 Å². The number of hydrogen-bond donors (Lipinski definition) is 1. The number of nitrogens with one attached hydrogen (secondary N) is 1. The zero-order valence-electron chi connectivity index (χ0n) is 17.5. The maximum absolute atomic E-state index is 13.8. The summed E-state index contributed by atoms with van der Waals surface area (Å²) in [5, 5.41) is 3.84. The SMILES string of the molecule is CC(C)N(C(=O)c1cc(OCCCOCF)c2cc(F)ccc2n1)[C@@H]1CCCNC1. The van der Waals surface area contributed by atoms with Gasteiger partial charge in [-0.05, 0) is 51.4 Å². The van der Waals surface area contributed by atoms with Gasteiger partial charge in [-0.2, -0.15) is 0 Å². The Morgan fingerprint density at radius 1 is 1.33 bits per heavy atom. The van der Waals surface area contributed by atoms with Crippen LogP contribution in [0.25, 0.3) is 10.9 Å². The van der Waals surface area contributed by atoms with Crippen molar-refractivity contribution in [2.24, 2.45) is 0 Å². The summed E-state index contributed by atoms with van der Waals surface area (Å²) < 4.78 is 36.4. The average Bonchev–Trinajstić information content (AvgIpc) is 2.74. The molecule has 8 heteroatoms. The summed E-state index contributed by atoms with van der Waals surface area (Å²) >= 11 is 0. The molecule has 2 heterocycles. The number of alkyl halides is 1. The molecule has 1 aromatic heterocycles. The molecule has 3 rings (SSSR count). The van der Waals surface area contributed by atoms with Crippen LogP contribution in [0, 0.1) is 5.82 Å². The second-order valence-corrected chi connectivity index (χ2v) is 7.69. The molecule has 6 nitrogen and oxygen atoms in total. The summed E-state index contributed by atoms with van der Waals surface area (Å²) in [7, 11) is 0. The predicted molar refractivity (Wildman–Crippen MR) is 111 cm³/mol. The first-order chi connectivity index (χ1) is 14.5. The topological polar surface area (TPSA) is 63.7 Å². The first-order valence-electron chi connectivity index (χ1n) is 10.4. The van der Waals surface area contributed by atoms with Crippen LogP contribution in [-0.2, 0) is 4.74 Å². The van der Waals surface area contributed by atoms with E-state index in [9.17, 15) is 13.6 Å². The largest absolute Gasteiger partial charge is 0.493 e. The molecule has 0 radical (unpaired) electrons. The molecular weight excluding hydrogens is 392 g/mol. The highest BCUT2D eigenvalue weighted by Gasteiger charge is 2.29. The van der Waals surface area contributed by atoms with Gasteiger partial charge in [0.15, 0.2) is 6.86 Å². The molecule has 1 aromatic carbocycles. The van der Waals surface area contributed by atoms with E-state index in [1.54, 1.807) is 12.1 Å². The third-order valence-electron chi connectivity index (χ3n) is 5.17. The summed E-state index contributed by atoms with van der Waals surface area (Å²) in [6, 6.07) is 5.88. The quantitative estimate of drug-likeness (QED) is 0.626. The summed E-state index contributed by atoms with van der Waals surface area (Å²) in [4.78, 5) is 19.8. The van der Waals surface area contributed by atoms with Crippen molar-refractivity contribution in [1.82, 2.24) is 15.2 Å². The normalized spacial score (nSPS) is 16.8. The molecule has 2 aromatic rings. The van der Waals surface area contributed by atoms with E-state index in [0.717, 1.165) is 25.9 Å². The first kappa shape index (κ1) is 22.4. The number of fused-ring (bicyclic) bond motifs is 1. The molecule has 1 saturated heterocycles. The van der Waals surface area contributed by atoms with Gasteiger partial charge in [0, 0.05) is 36.5 Å². The zero-order valence-corrected chi connectivity index (χ0v) is 17.5. The van der Waals surface area contributed by atoms with Crippen LogP contribution >= 0.6 is 0 Å². The van der Waals surface area contributed by atoms with Gasteiger partial charge in [0.25, 0.3) is 5.91 Å². The van der Waals surface area contributed by atoms with Gasteiger partial charge < -0.3 is 19.7 Å². The highest BCUT2D eigenvalue weighted by molar-refractivity contribution is 5.97. The lowest BCUT2D eigenvalue weighted by Crippen LogP contribution is -2.51. The monoisotopic (exact) mass is 421 g/mol. The molecule has 0 aliphatic carbocycles. The molecule has 164 valence electrons. The maximum Gasteiger partial charge on any atom is 0.273 e. The Labute approximate surface area is 175 Å². The number of ether oxygens (including phenoxy) is 2. The Hall–Kier alpha value is -2.32. The van der Waals surface area contributed by atoms with Crippen molar-refractivity contribution >= 4 is 16.8 Å². The van der Waals surface area contributed by atoms with E-state index in [1.165, 1.54) is 12.1 Å². The molecule has 0 saturated carbocycles. The van der Waals surface area contributed by atoms with Crippen LogP contribution in [-0.4, -0.2) is 61.0 Å². The number of hydrogen-bond acceptors (Lipinski definition) is 5. The number of benzene rings is 1. The van der Waals surface area contributed by atoms with E-state index >= 15 is 0 Å². The second kappa shape index (κ2) is 10.6. The van der Waals surface area contributed by atoms with E-state index in [0.29, 0.717) is 23.1 Å². The fourth-order valence-corrected chi connectivity index (χ4v) is 3.82. The van der Waals surface area contributed by atoms with Gasteiger partial charge in [-0.25, -0.2) is 13.8 Å². The minimum atomic E-state index is -0.844. The number of nitrogens with zero attached hydrogens (tertiary/aromatic N) is 2. The van der Waals surface area contributed by atoms with Crippen LogP contribution in [0.2, 0.25) is 0 Å². The highest BCUT2D eigenvalue weighted by Crippen LogP contribution is 2.28. The van der Waals surface area contributed by atoms with Crippen molar-refractivity contribution in [3.05, 3.63) is 35.8 Å². The lowest BCUT2D eigenvalue weighted by Gasteiger charge is -2.37. The molecule has 1 fully saturated rings. The first-order valence-corrected chi connectivity index (χ1v) is 10.4. The third-order valence-corrected chi connectivity index (χ3v) is 5.17. The van der Waals surface area contributed by atoms with Crippen LogP contribution < -0.4 is 10.1 Å². The number of carbonyl (C=O) groups excluding carboxylic acids is 1. The fourth-order valence-electron chi connectivity index (χ4n) is 3.82. The average molecular weight is 421 g/mol. The number of rotatable bonds is 9. The Balaban J connectivity index is 1.90. The van der Waals surface area contributed by atoms with E-state index in [2.05, 4.69) is 15.0 Å². The lowest BCUT2D eigenvalue weighted by atomic mass is 10.0. The molecule has 1 N–H and O–H groups in total. The molecule has 0 spiro atoms. The van der Waals surface area contributed by atoms with Gasteiger partial charge in [0.1, 0.15) is 17.3 Å². The number of amides is 1. The number of halogens is 2. The van der Waals surface area contributed by atoms with Crippen LogP contribution in [0.3, 0.4) is 0 Å². The highest BCUT2D eigenvalue weighted by atomic mass is 19.1. The smallest absolute Gasteiger partial charge is 0.273 e. The molecule has 30 heavy (non-hydrogen) atoms. The molecular formula is C22H29F2N3O3. The van der Waals surface area contributed by atoms with Crippen LogP contribution in [0.1, 0.15) is 43.6 Å². The minimum Gasteiger partial charge on any atom is -0.493 e. The standard InChI is InChI=1S/C22H29F2N3O3/c1-15(2)27(17-5-3-8-25-13-17)22(28)20-12-21(30-10-4-9-29-14-23)18-11-16(24)6-7-19(18)26-20/h6-7,11-12,15,17,25H,3-5,8-10,13-14H2,1-2H3/t17-/m1/s1. The number of aromatic nitrogens is 1. The molecule has 1 atom stereocenters. The van der Waals surface area contributed by atoms with Crippen molar-refractivity contribution in [3.63, 3.8) is 0 Å². The van der Waals surface area contributed by atoms with Crippen molar-refractivity contribution in [2.45, 2.75) is 45.2 Å². The molecule has 1 aliphatic heterocycles. The Morgan fingerprint density at radius 2 is 2.17 bits per heavy atom. The van der Waals surface area contributed by atoms with Crippen molar-refractivity contribution in [1.29, 1.82) is 0 Å². The third kappa shape index (κ3) is 5.43. The van der Waals surface area contributed by atoms with E-state index in [1.807, 2.05) is 18.7 Å². The Bertz CT molecular complexity index is 857. The van der Waals surface area contributed by atoms with Gasteiger partial charge >= 0.3 is 0 Å². The van der Waals surface area contributed by atoms with Gasteiger partial charge in [-0.3, -0.25) is 4.79 Å². The minimum absolute atomic E-state index is 0.00957. The van der Waals surface area contributed by atoms with Gasteiger partial charge in [0.2, 0.25) is 0 Å².